The van der Waals surface area contributed by atoms with Crippen molar-refractivity contribution in [2.45, 2.75) is 38.3 Å². The number of hydrogen-bond acceptors (Lipinski definition) is 6. The van der Waals surface area contributed by atoms with Gasteiger partial charge in [0.1, 0.15) is 5.75 Å². The summed E-state index contributed by atoms with van der Waals surface area (Å²) in [5.41, 5.74) is 7.24. The van der Waals surface area contributed by atoms with Crippen molar-refractivity contribution < 1.29 is 9.90 Å². The van der Waals surface area contributed by atoms with Crippen LogP contribution in [0.15, 0.2) is 79.9 Å². The molecule has 3 aromatic carbocycles. The minimum Gasteiger partial charge on any atom is -0.506 e. The van der Waals surface area contributed by atoms with Crippen LogP contribution in [-0.2, 0) is 10.2 Å². The molecule has 0 aliphatic heterocycles. The molecule has 0 aliphatic rings. The number of thioether (sulfide) groups is 1. The van der Waals surface area contributed by atoms with Gasteiger partial charge in [-0.1, -0.05) is 90.4 Å². The van der Waals surface area contributed by atoms with Crippen LogP contribution in [0.4, 0.5) is 0 Å². The number of phenolic OH excluding ortho intramolecular Hbond substituents is 1. The van der Waals surface area contributed by atoms with Gasteiger partial charge in [0.05, 0.1) is 16.4 Å². The lowest BCUT2D eigenvalue weighted by Gasteiger charge is -2.19. The summed E-state index contributed by atoms with van der Waals surface area (Å²) < 4.78 is 3.25. The predicted octanol–water partition coefficient (Wildman–Crippen LogP) is 7.01. The number of amides is 1. The third kappa shape index (κ3) is 6.73. The molecule has 2 N–H and O–H groups in total. The highest BCUT2D eigenvalue weighted by atomic mass is 79.9. The molecule has 0 radical (unpaired) electrons. The first kappa shape index (κ1) is 28.1. The van der Waals surface area contributed by atoms with Gasteiger partial charge in [0, 0.05) is 21.3 Å². The van der Waals surface area contributed by atoms with Crippen molar-refractivity contribution in [1.29, 1.82) is 0 Å². The van der Waals surface area contributed by atoms with Crippen LogP contribution < -0.4 is 5.43 Å². The molecule has 1 amide bonds. The molecule has 4 rings (SSSR count). The van der Waals surface area contributed by atoms with Crippen LogP contribution in [0.25, 0.3) is 17.1 Å². The maximum atomic E-state index is 12.5. The molecule has 0 aliphatic carbocycles. The number of halogens is 2. The van der Waals surface area contributed by atoms with Gasteiger partial charge < -0.3 is 5.11 Å². The maximum absolute atomic E-state index is 12.5. The maximum Gasteiger partial charge on any atom is 0.250 e. The molecule has 0 spiro atoms. The monoisotopic (exact) mass is 655 g/mol. The van der Waals surface area contributed by atoms with Gasteiger partial charge in [0.2, 0.25) is 0 Å². The molecule has 1 aromatic heterocycles. The topological polar surface area (TPSA) is 92.4 Å². The number of hydrazone groups is 1. The zero-order valence-electron chi connectivity index (χ0n) is 21.4. The molecule has 7 nitrogen and oxygen atoms in total. The number of phenols is 1. The van der Waals surface area contributed by atoms with Gasteiger partial charge in [-0.25, -0.2) is 5.43 Å². The van der Waals surface area contributed by atoms with E-state index in [-0.39, 0.29) is 22.8 Å². The van der Waals surface area contributed by atoms with Crippen LogP contribution in [-0.4, -0.2) is 37.7 Å². The van der Waals surface area contributed by atoms with Crippen LogP contribution in [0.1, 0.15) is 37.5 Å². The number of nitrogens with zero attached hydrogens (tertiary/aromatic N) is 4. The second-order valence-corrected chi connectivity index (χ2v) is 12.4. The summed E-state index contributed by atoms with van der Waals surface area (Å²) in [5.74, 6) is 0.508. The van der Waals surface area contributed by atoms with E-state index in [0.29, 0.717) is 21.0 Å². The van der Waals surface area contributed by atoms with Gasteiger partial charge in [-0.05, 0) is 58.1 Å². The number of hydrogen-bond donors (Lipinski definition) is 2. The molecule has 38 heavy (non-hydrogen) atoms. The summed E-state index contributed by atoms with van der Waals surface area (Å²) in [6.45, 7) is 8.58. The number of carbonyl (C=O) groups is 1. The standard InChI is InChI=1S/C28H27Br2N5O2S/c1-17-5-11-22(12-6-17)35-26(18-7-9-20(10-8-18)28(2,3)4)33-34-27(35)38-16-24(36)32-31-15-19-13-21(29)14-23(30)25(19)37/h5-15,37H,16H2,1-4H3,(H,32,36)/b31-15-. The van der Waals surface area contributed by atoms with Crippen LogP contribution in [0.2, 0.25) is 0 Å². The van der Waals surface area contributed by atoms with E-state index in [2.05, 4.69) is 97.6 Å². The first-order valence-corrected chi connectivity index (χ1v) is 14.4. The number of rotatable bonds is 7. The van der Waals surface area contributed by atoms with Crippen molar-refractivity contribution in [1.82, 2.24) is 20.2 Å². The minimum atomic E-state index is -0.311. The Labute approximate surface area is 243 Å². The molecule has 1 heterocycles. The average Bonchev–Trinajstić information content (AvgIpc) is 3.29. The molecule has 0 fully saturated rings. The van der Waals surface area contributed by atoms with Gasteiger partial charge >= 0.3 is 0 Å². The Kier molecular flexibility index (Phi) is 8.74. The second-order valence-electron chi connectivity index (χ2n) is 9.71. The average molecular weight is 657 g/mol. The van der Waals surface area contributed by atoms with E-state index in [1.54, 1.807) is 12.1 Å². The number of carbonyl (C=O) groups excluding carboxylic acids is 1. The number of aryl methyl sites for hydroxylation is 1. The smallest absolute Gasteiger partial charge is 0.250 e. The Hall–Kier alpha value is -2.95. The van der Waals surface area contributed by atoms with E-state index in [9.17, 15) is 9.90 Å². The Bertz CT molecular complexity index is 1480. The van der Waals surface area contributed by atoms with Crippen molar-refractivity contribution in [3.05, 3.63) is 86.3 Å². The molecule has 0 unspecified atom stereocenters. The SMILES string of the molecule is Cc1ccc(-n2c(SCC(=O)N/N=C\c3cc(Br)cc(Br)c3O)nnc2-c2ccc(C(C)(C)C)cc2)cc1. The van der Waals surface area contributed by atoms with Crippen LogP contribution >= 0.6 is 43.6 Å². The zero-order valence-corrected chi connectivity index (χ0v) is 25.4. The molecule has 0 saturated heterocycles. The molecule has 4 aromatic rings. The van der Waals surface area contributed by atoms with Gasteiger partial charge in [-0.3, -0.25) is 9.36 Å². The third-order valence-corrected chi connectivity index (χ3v) is 7.71. The van der Waals surface area contributed by atoms with E-state index in [1.807, 2.05) is 35.8 Å². The summed E-state index contributed by atoms with van der Waals surface area (Å²) in [6.07, 6.45) is 1.39. The summed E-state index contributed by atoms with van der Waals surface area (Å²) in [6, 6.07) is 19.9. The summed E-state index contributed by atoms with van der Waals surface area (Å²) in [5, 5.41) is 23.6. The first-order valence-electron chi connectivity index (χ1n) is 11.8. The molecular weight excluding hydrogens is 630 g/mol. The lowest BCUT2D eigenvalue weighted by Crippen LogP contribution is -2.20. The van der Waals surface area contributed by atoms with E-state index < -0.39 is 0 Å². The highest BCUT2D eigenvalue weighted by Gasteiger charge is 2.19. The highest BCUT2D eigenvalue weighted by molar-refractivity contribution is 9.11. The van der Waals surface area contributed by atoms with Crippen molar-refractivity contribution >= 4 is 55.7 Å². The zero-order chi connectivity index (χ0) is 27.4. The lowest BCUT2D eigenvalue weighted by atomic mass is 9.87. The molecule has 10 heteroatoms. The summed E-state index contributed by atoms with van der Waals surface area (Å²) in [7, 11) is 0. The van der Waals surface area contributed by atoms with E-state index >= 15 is 0 Å². The van der Waals surface area contributed by atoms with Gasteiger partial charge in [-0.15, -0.1) is 10.2 Å². The van der Waals surface area contributed by atoms with Crippen molar-refractivity contribution in [3.63, 3.8) is 0 Å². The van der Waals surface area contributed by atoms with E-state index in [0.717, 1.165) is 21.3 Å². The molecular formula is C28H27Br2N5O2S. The Morgan fingerprint density at radius 2 is 1.76 bits per heavy atom. The van der Waals surface area contributed by atoms with Crippen LogP contribution in [0.5, 0.6) is 5.75 Å². The third-order valence-electron chi connectivity index (χ3n) is 5.72. The van der Waals surface area contributed by atoms with E-state index in [1.165, 1.54) is 23.5 Å². The number of aromatic nitrogens is 3. The number of aromatic hydroxyl groups is 1. The normalized spacial score (nSPS) is 11.7. The summed E-state index contributed by atoms with van der Waals surface area (Å²) in [4.78, 5) is 12.5. The first-order chi connectivity index (χ1) is 18.0. The summed E-state index contributed by atoms with van der Waals surface area (Å²) >= 11 is 7.92. The minimum absolute atomic E-state index is 0.0369. The molecule has 196 valence electrons. The Morgan fingerprint density at radius 1 is 1.08 bits per heavy atom. The van der Waals surface area contributed by atoms with Gasteiger partial charge in [0.25, 0.3) is 5.91 Å². The quantitative estimate of drug-likeness (QED) is 0.127. The van der Waals surface area contributed by atoms with Crippen molar-refractivity contribution in [2.75, 3.05) is 5.75 Å². The van der Waals surface area contributed by atoms with Gasteiger partial charge in [-0.2, -0.15) is 5.10 Å². The Morgan fingerprint density at radius 3 is 2.42 bits per heavy atom. The number of benzene rings is 3. The van der Waals surface area contributed by atoms with Crippen LogP contribution in [0, 0.1) is 6.92 Å². The van der Waals surface area contributed by atoms with E-state index in [4.69, 9.17) is 0 Å². The molecule has 0 saturated carbocycles. The van der Waals surface area contributed by atoms with Gasteiger partial charge in [0.15, 0.2) is 11.0 Å². The number of nitrogens with one attached hydrogen (secondary N) is 1. The molecule has 0 bridgehead atoms. The van der Waals surface area contributed by atoms with Crippen molar-refractivity contribution in [2.24, 2.45) is 5.10 Å². The fraction of sp³-hybridized carbons (Fsp3) is 0.214. The van der Waals surface area contributed by atoms with Crippen LogP contribution in [0.3, 0.4) is 0 Å². The highest BCUT2D eigenvalue weighted by Crippen LogP contribution is 2.31. The molecule has 0 atom stereocenters. The second kappa shape index (κ2) is 11.8. The predicted molar refractivity (Wildman–Crippen MR) is 160 cm³/mol. The Balaban J connectivity index is 1.54. The van der Waals surface area contributed by atoms with Crippen molar-refractivity contribution in [3.8, 4) is 22.8 Å². The fourth-order valence-corrected chi connectivity index (χ4v) is 5.62. The lowest BCUT2D eigenvalue weighted by molar-refractivity contribution is -0.118. The fourth-order valence-electron chi connectivity index (χ4n) is 3.62. The largest absolute Gasteiger partial charge is 0.506 e.